The number of amides is 1. The molecule has 1 unspecified atom stereocenters. The summed E-state index contributed by atoms with van der Waals surface area (Å²) < 4.78 is 0. The van der Waals surface area contributed by atoms with Gasteiger partial charge >= 0.3 is 0 Å². The lowest BCUT2D eigenvalue weighted by atomic mass is 9.64. The number of aliphatic hydroxyl groups excluding tert-OH is 1. The fourth-order valence-corrected chi connectivity index (χ4v) is 3.86. The minimum Gasteiger partial charge on any atom is -0.392 e. The Morgan fingerprint density at radius 1 is 1.38 bits per heavy atom. The second-order valence-corrected chi connectivity index (χ2v) is 8.18. The lowest BCUT2D eigenvalue weighted by molar-refractivity contribution is -0.117. The first-order valence-electron chi connectivity index (χ1n) is 9.75. The van der Waals surface area contributed by atoms with E-state index >= 15 is 0 Å². The van der Waals surface area contributed by atoms with Crippen molar-refractivity contribution in [2.75, 3.05) is 22.5 Å². The summed E-state index contributed by atoms with van der Waals surface area (Å²) in [6, 6.07) is 9.84. The smallest absolute Gasteiger partial charge is 0.232 e. The number of nitrogens with zero attached hydrogens (tertiary/aromatic N) is 3. The van der Waals surface area contributed by atoms with Crippen LogP contribution in [0.3, 0.4) is 0 Å². The van der Waals surface area contributed by atoms with Gasteiger partial charge in [0.2, 0.25) is 11.9 Å². The molecule has 0 saturated heterocycles. The number of nitriles is 1. The first-order valence-corrected chi connectivity index (χ1v) is 9.75. The predicted molar refractivity (Wildman–Crippen MR) is 109 cm³/mol. The van der Waals surface area contributed by atoms with Gasteiger partial charge in [-0.15, -0.1) is 0 Å². The average Bonchev–Trinajstić information content (AvgIpc) is 3.03. The highest BCUT2D eigenvalue weighted by Gasteiger charge is 2.47. The quantitative estimate of drug-likeness (QED) is 0.595. The maximum absolute atomic E-state index is 12.2. The third-order valence-electron chi connectivity index (χ3n) is 6.06. The highest BCUT2D eigenvalue weighted by atomic mass is 16.3. The number of carbonyl (C=O) groups excluding carboxylic acids is 1. The molecule has 1 aliphatic carbocycles. The summed E-state index contributed by atoms with van der Waals surface area (Å²) >= 11 is 0. The van der Waals surface area contributed by atoms with Gasteiger partial charge in [-0.2, -0.15) is 10.2 Å². The summed E-state index contributed by atoms with van der Waals surface area (Å²) in [5, 5.41) is 28.6. The molecule has 2 aromatic rings. The predicted octanol–water partition coefficient (Wildman–Crippen LogP) is 2.46. The van der Waals surface area contributed by atoms with Crippen LogP contribution in [0.5, 0.6) is 0 Å². The zero-order chi connectivity index (χ0) is 20.6. The lowest BCUT2D eigenvalue weighted by Gasteiger charge is -2.49. The summed E-state index contributed by atoms with van der Waals surface area (Å²) in [5.41, 5.74) is 1.95. The summed E-state index contributed by atoms with van der Waals surface area (Å²) in [7, 11) is 0. The Morgan fingerprint density at radius 3 is 2.90 bits per heavy atom. The third kappa shape index (κ3) is 3.49. The van der Waals surface area contributed by atoms with Crippen molar-refractivity contribution in [2.24, 2.45) is 5.41 Å². The molecule has 3 atom stereocenters. The maximum Gasteiger partial charge on any atom is 0.232 e. The van der Waals surface area contributed by atoms with Crippen LogP contribution in [-0.2, 0) is 4.79 Å². The van der Waals surface area contributed by atoms with Gasteiger partial charge in [0.05, 0.1) is 18.2 Å². The molecular weight excluding hydrogens is 368 g/mol. The number of fused-ring (bicyclic) bond motifs is 1. The van der Waals surface area contributed by atoms with E-state index < -0.39 is 0 Å². The van der Waals surface area contributed by atoms with Gasteiger partial charge in [0.25, 0.3) is 0 Å². The standard InChI is InChI=1S/C21H24N6O2/c1-21(2)16(9-17(21)28)26-18-12(10-22)11-24-20(27-18)23-8-7-14-13-5-3-4-6-15(13)25-19(14)29/h3-6,11,14,16-17,28H,7-9H2,1-2H3,(H,25,29)(H2,23,24,26,27)/t14?,16-,17+/m1/s1. The minimum atomic E-state index is -0.370. The number of anilines is 3. The van der Waals surface area contributed by atoms with Crippen molar-refractivity contribution < 1.29 is 9.90 Å². The molecule has 4 rings (SSSR count). The van der Waals surface area contributed by atoms with Crippen LogP contribution in [0.25, 0.3) is 0 Å². The average molecular weight is 392 g/mol. The maximum atomic E-state index is 12.2. The zero-order valence-corrected chi connectivity index (χ0v) is 16.4. The number of nitrogens with one attached hydrogen (secondary N) is 3. The van der Waals surface area contributed by atoms with Crippen molar-refractivity contribution in [2.45, 2.75) is 44.8 Å². The lowest BCUT2D eigenvalue weighted by Crippen LogP contribution is -2.57. The molecule has 4 N–H and O–H groups in total. The minimum absolute atomic E-state index is 0.00174. The number of aromatic nitrogens is 2. The SMILES string of the molecule is CC1(C)[C@@H](O)C[C@H]1Nc1nc(NCCC2C(=O)Nc3ccccc32)ncc1C#N. The molecule has 2 heterocycles. The van der Waals surface area contributed by atoms with Gasteiger partial charge in [0.1, 0.15) is 17.5 Å². The molecule has 1 saturated carbocycles. The van der Waals surface area contributed by atoms with Crippen LogP contribution < -0.4 is 16.0 Å². The van der Waals surface area contributed by atoms with E-state index in [1.807, 2.05) is 38.1 Å². The molecule has 1 aromatic carbocycles. The Balaban J connectivity index is 1.41. The van der Waals surface area contributed by atoms with Crippen LogP contribution in [0.2, 0.25) is 0 Å². The molecule has 8 nitrogen and oxygen atoms in total. The van der Waals surface area contributed by atoms with Gasteiger partial charge in [-0.1, -0.05) is 32.0 Å². The number of hydrogen-bond acceptors (Lipinski definition) is 7. The molecule has 29 heavy (non-hydrogen) atoms. The van der Waals surface area contributed by atoms with Gasteiger partial charge in [-0.05, 0) is 24.5 Å². The largest absolute Gasteiger partial charge is 0.392 e. The van der Waals surface area contributed by atoms with Gasteiger partial charge in [-0.3, -0.25) is 4.79 Å². The van der Waals surface area contributed by atoms with E-state index in [9.17, 15) is 15.2 Å². The fourth-order valence-electron chi connectivity index (χ4n) is 3.86. The molecule has 1 amide bonds. The van der Waals surface area contributed by atoms with Gasteiger partial charge in [-0.25, -0.2) is 4.98 Å². The van der Waals surface area contributed by atoms with Crippen LogP contribution in [0.4, 0.5) is 17.5 Å². The molecular formula is C21H24N6O2. The second-order valence-electron chi connectivity index (χ2n) is 8.18. The Labute approximate surface area is 169 Å². The molecule has 0 spiro atoms. The van der Waals surface area contributed by atoms with E-state index in [4.69, 9.17) is 0 Å². The van der Waals surface area contributed by atoms with Crippen LogP contribution in [0.15, 0.2) is 30.5 Å². The van der Waals surface area contributed by atoms with Crippen LogP contribution >= 0.6 is 0 Å². The van der Waals surface area contributed by atoms with E-state index in [-0.39, 0.29) is 29.4 Å². The Kier molecular flexibility index (Phi) is 4.84. The van der Waals surface area contributed by atoms with Gasteiger partial charge < -0.3 is 21.1 Å². The fraction of sp³-hybridized carbons (Fsp3) is 0.429. The molecule has 2 aliphatic rings. The molecule has 1 aliphatic heterocycles. The van der Waals surface area contributed by atoms with E-state index in [2.05, 4.69) is 32.0 Å². The van der Waals surface area contributed by atoms with Gasteiger partial charge in [0.15, 0.2) is 0 Å². The monoisotopic (exact) mass is 392 g/mol. The third-order valence-corrected chi connectivity index (χ3v) is 6.06. The van der Waals surface area contributed by atoms with E-state index in [0.29, 0.717) is 36.7 Å². The molecule has 8 heteroatoms. The van der Waals surface area contributed by atoms with Crippen molar-refractivity contribution in [1.82, 2.24) is 9.97 Å². The zero-order valence-electron chi connectivity index (χ0n) is 16.4. The number of benzene rings is 1. The molecule has 1 fully saturated rings. The number of para-hydroxylation sites is 1. The normalized spacial score (nSPS) is 24.1. The Bertz CT molecular complexity index is 983. The highest BCUT2D eigenvalue weighted by molar-refractivity contribution is 6.02. The highest BCUT2D eigenvalue weighted by Crippen LogP contribution is 2.42. The molecule has 0 bridgehead atoms. The summed E-state index contributed by atoms with van der Waals surface area (Å²) in [5.74, 6) is 0.656. The first-order chi connectivity index (χ1) is 13.9. The molecule has 0 radical (unpaired) electrons. The van der Waals surface area contributed by atoms with Crippen molar-refractivity contribution in [1.29, 1.82) is 5.26 Å². The van der Waals surface area contributed by atoms with E-state index in [1.54, 1.807) is 0 Å². The summed E-state index contributed by atoms with van der Waals surface area (Å²) in [6.45, 7) is 4.48. The Hall–Kier alpha value is -3.18. The second kappa shape index (κ2) is 7.33. The Morgan fingerprint density at radius 2 is 2.17 bits per heavy atom. The molecule has 150 valence electrons. The summed E-state index contributed by atoms with van der Waals surface area (Å²) in [4.78, 5) is 20.9. The number of carbonyl (C=O) groups is 1. The topological polar surface area (TPSA) is 123 Å². The van der Waals surface area contributed by atoms with E-state index in [1.165, 1.54) is 6.20 Å². The van der Waals surface area contributed by atoms with E-state index in [0.717, 1.165) is 11.3 Å². The van der Waals surface area contributed by atoms with Crippen LogP contribution in [0, 0.1) is 16.7 Å². The van der Waals surface area contributed by atoms with Crippen molar-refractivity contribution in [3.05, 3.63) is 41.6 Å². The first kappa shape index (κ1) is 19.2. The van der Waals surface area contributed by atoms with Crippen molar-refractivity contribution >= 4 is 23.4 Å². The van der Waals surface area contributed by atoms with Gasteiger partial charge in [0, 0.05) is 23.7 Å². The summed E-state index contributed by atoms with van der Waals surface area (Å²) in [6.07, 6.45) is 2.33. The van der Waals surface area contributed by atoms with Crippen molar-refractivity contribution in [3.8, 4) is 6.07 Å². The molecule has 1 aromatic heterocycles. The number of rotatable bonds is 6. The number of aliphatic hydroxyl groups is 1. The number of hydrogen-bond donors (Lipinski definition) is 4. The van der Waals surface area contributed by atoms with Crippen LogP contribution in [-0.4, -0.2) is 39.7 Å². The van der Waals surface area contributed by atoms with Crippen LogP contribution in [0.1, 0.15) is 43.7 Å². The van der Waals surface area contributed by atoms with Crippen molar-refractivity contribution in [3.63, 3.8) is 0 Å².